The summed E-state index contributed by atoms with van der Waals surface area (Å²) in [5, 5.41) is 2.75. The Balaban J connectivity index is 2.19. The minimum Gasteiger partial charge on any atom is -0.466 e. The SMILES string of the molecule is Cc1cc(C(C)NC(=O)c2ccc(C(F)(F)F)nc2C)c(C)o1. The van der Waals surface area contributed by atoms with Gasteiger partial charge in [-0.05, 0) is 45.9 Å². The molecule has 1 amide bonds. The van der Waals surface area contributed by atoms with Crippen LogP contribution in [0.1, 0.15) is 51.8 Å². The first-order chi connectivity index (χ1) is 10.6. The summed E-state index contributed by atoms with van der Waals surface area (Å²) in [6.45, 7) is 6.75. The lowest BCUT2D eigenvalue weighted by atomic mass is 10.1. The molecule has 2 aromatic rings. The molecule has 0 radical (unpaired) electrons. The van der Waals surface area contributed by atoms with Crippen molar-refractivity contribution < 1.29 is 22.4 Å². The van der Waals surface area contributed by atoms with Crippen LogP contribution in [0, 0.1) is 20.8 Å². The van der Waals surface area contributed by atoms with Crippen LogP contribution in [0.25, 0.3) is 0 Å². The van der Waals surface area contributed by atoms with Crippen LogP contribution >= 0.6 is 0 Å². The number of rotatable bonds is 3. The maximum absolute atomic E-state index is 12.6. The fourth-order valence-electron chi connectivity index (χ4n) is 2.39. The van der Waals surface area contributed by atoms with Gasteiger partial charge >= 0.3 is 6.18 Å². The highest BCUT2D eigenvalue weighted by Gasteiger charge is 2.33. The Labute approximate surface area is 131 Å². The molecule has 4 nitrogen and oxygen atoms in total. The van der Waals surface area contributed by atoms with Crippen molar-refractivity contribution in [3.8, 4) is 0 Å². The Morgan fingerprint density at radius 2 is 1.91 bits per heavy atom. The average Bonchev–Trinajstić information content (AvgIpc) is 2.76. The van der Waals surface area contributed by atoms with E-state index >= 15 is 0 Å². The van der Waals surface area contributed by atoms with E-state index in [4.69, 9.17) is 4.42 Å². The van der Waals surface area contributed by atoms with Crippen molar-refractivity contribution in [1.82, 2.24) is 10.3 Å². The first-order valence-electron chi connectivity index (χ1n) is 7.02. The molecule has 0 aliphatic heterocycles. The van der Waals surface area contributed by atoms with Crippen LogP contribution in [0.4, 0.5) is 13.2 Å². The van der Waals surface area contributed by atoms with Crippen LogP contribution in [-0.4, -0.2) is 10.9 Å². The molecule has 0 aliphatic rings. The van der Waals surface area contributed by atoms with Gasteiger partial charge in [-0.15, -0.1) is 0 Å². The molecule has 0 fully saturated rings. The van der Waals surface area contributed by atoms with Gasteiger partial charge in [-0.1, -0.05) is 0 Å². The molecule has 2 rings (SSSR count). The lowest BCUT2D eigenvalue weighted by Crippen LogP contribution is -2.28. The number of furan rings is 1. The number of carbonyl (C=O) groups excluding carboxylic acids is 1. The minimum atomic E-state index is -4.53. The van der Waals surface area contributed by atoms with Gasteiger partial charge in [0.15, 0.2) is 0 Å². The molecule has 124 valence electrons. The molecular weight excluding hydrogens is 309 g/mol. The summed E-state index contributed by atoms with van der Waals surface area (Å²) in [7, 11) is 0. The van der Waals surface area contributed by atoms with E-state index in [2.05, 4.69) is 10.3 Å². The topological polar surface area (TPSA) is 55.1 Å². The van der Waals surface area contributed by atoms with Crippen molar-refractivity contribution in [1.29, 1.82) is 0 Å². The molecular formula is C16H17F3N2O2. The zero-order valence-corrected chi connectivity index (χ0v) is 13.2. The fourth-order valence-corrected chi connectivity index (χ4v) is 2.39. The minimum absolute atomic E-state index is 0.0321. The summed E-state index contributed by atoms with van der Waals surface area (Å²) < 4.78 is 43.2. The molecule has 1 unspecified atom stereocenters. The van der Waals surface area contributed by atoms with Crippen molar-refractivity contribution in [2.45, 2.75) is 39.9 Å². The number of halogens is 3. The Morgan fingerprint density at radius 3 is 2.39 bits per heavy atom. The van der Waals surface area contributed by atoms with Gasteiger partial charge in [-0.25, -0.2) is 4.98 Å². The summed E-state index contributed by atoms with van der Waals surface area (Å²) in [4.78, 5) is 15.7. The van der Waals surface area contributed by atoms with Crippen LogP contribution in [0.2, 0.25) is 0 Å². The van der Waals surface area contributed by atoms with E-state index in [-0.39, 0.29) is 17.3 Å². The second-order valence-electron chi connectivity index (χ2n) is 5.39. The Kier molecular flexibility index (Phi) is 4.49. The molecule has 0 bridgehead atoms. The van der Waals surface area contributed by atoms with E-state index in [1.54, 1.807) is 20.8 Å². The molecule has 1 atom stereocenters. The van der Waals surface area contributed by atoms with Crippen molar-refractivity contribution in [3.63, 3.8) is 0 Å². The summed E-state index contributed by atoms with van der Waals surface area (Å²) in [5.74, 6) is 0.943. The van der Waals surface area contributed by atoms with E-state index < -0.39 is 17.8 Å². The van der Waals surface area contributed by atoms with Crippen LogP contribution in [0.5, 0.6) is 0 Å². The number of amides is 1. The number of aromatic nitrogens is 1. The number of aryl methyl sites for hydroxylation is 3. The standard InChI is InChI=1S/C16H17F3N2O2/c1-8-7-13(11(4)23-8)10(3)21-15(22)12-5-6-14(16(17,18)19)20-9(12)2/h5-7,10H,1-4H3,(H,21,22). The molecule has 7 heteroatoms. The summed E-state index contributed by atoms with van der Waals surface area (Å²) in [5.41, 5.74) is -0.0402. The van der Waals surface area contributed by atoms with Crippen molar-refractivity contribution in [2.75, 3.05) is 0 Å². The van der Waals surface area contributed by atoms with E-state index in [1.807, 2.05) is 6.07 Å². The lowest BCUT2D eigenvalue weighted by Gasteiger charge is -2.15. The zero-order valence-electron chi connectivity index (χ0n) is 13.2. The van der Waals surface area contributed by atoms with E-state index in [0.29, 0.717) is 5.76 Å². The first kappa shape index (κ1) is 17.1. The molecule has 0 saturated heterocycles. The van der Waals surface area contributed by atoms with E-state index in [9.17, 15) is 18.0 Å². The number of hydrogen-bond acceptors (Lipinski definition) is 3. The molecule has 0 spiro atoms. The summed E-state index contributed by atoms with van der Waals surface area (Å²) in [6, 6.07) is 3.43. The van der Waals surface area contributed by atoms with Gasteiger partial charge in [0, 0.05) is 5.56 Å². The number of pyridine rings is 1. The second kappa shape index (κ2) is 6.06. The van der Waals surface area contributed by atoms with Gasteiger partial charge in [0.1, 0.15) is 17.2 Å². The quantitative estimate of drug-likeness (QED) is 0.923. The second-order valence-corrected chi connectivity index (χ2v) is 5.39. The molecule has 0 aromatic carbocycles. The smallest absolute Gasteiger partial charge is 0.433 e. The molecule has 1 N–H and O–H groups in total. The van der Waals surface area contributed by atoms with Gasteiger partial charge in [-0.3, -0.25) is 4.79 Å². The maximum Gasteiger partial charge on any atom is 0.433 e. The highest BCUT2D eigenvalue weighted by Crippen LogP contribution is 2.28. The van der Waals surface area contributed by atoms with Crippen molar-refractivity contribution in [2.24, 2.45) is 0 Å². The number of nitrogens with zero attached hydrogens (tertiary/aromatic N) is 1. The van der Waals surface area contributed by atoms with Crippen molar-refractivity contribution >= 4 is 5.91 Å². The third-order valence-electron chi connectivity index (χ3n) is 3.51. The Morgan fingerprint density at radius 1 is 1.26 bits per heavy atom. The van der Waals surface area contributed by atoms with Gasteiger partial charge < -0.3 is 9.73 Å². The highest BCUT2D eigenvalue weighted by molar-refractivity contribution is 5.95. The predicted molar refractivity (Wildman–Crippen MR) is 78.0 cm³/mol. The number of nitrogens with one attached hydrogen (secondary N) is 1. The van der Waals surface area contributed by atoms with Crippen LogP contribution in [0.15, 0.2) is 22.6 Å². The summed E-state index contributed by atoms with van der Waals surface area (Å²) >= 11 is 0. The normalized spacial score (nSPS) is 13.0. The van der Waals surface area contributed by atoms with Gasteiger partial charge in [0.25, 0.3) is 5.91 Å². The Hall–Kier alpha value is -2.31. The van der Waals surface area contributed by atoms with Gasteiger partial charge in [0.05, 0.1) is 17.3 Å². The number of hydrogen-bond donors (Lipinski definition) is 1. The van der Waals surface area contributed by atoms with Crippen LogP contribution in [-0.2, 0) is 6.18 Å². The summed E-state index contributed by atoms with van der Waals surface area (Å²) in [6.07, 6.45) is -4.53. The molecule has 2 heterocycles. The third kappa shape index (κ3) is 3.72. The number of alkyl halides is 3. The van der Waals surface area contributed by atoms with Crippen molar-refractivity contribution in [3.05, 3.63) is 52.2 Å². The molecule has 0 aliphatic carbocycles. The average molecular weight is 326 g/mol. The Bertz CT molecular complexity index is 735. The molecule has 0 saturated carbocycles. The first-order valence-corrected chi connectivity index (χ1v) is 7.02. The van der Waals surface area contributed by atoms with E-state index in [1.165, 1.54) is 6.92 Å². The lowest BCUT2D eigenvalue weighted by molar-refractivity contribution is -0.141. The largest absolute Gasteiger partial charge is 0.466 e. The van der Waals surface area contributed by atoms with Gasteiger partial charge in [0.2, 0.25) is 0 Å². The monoisotopic (exact) mass is 326 g/mol. The van der Waals surface area contributed by atoms with Crippen LogP contribution < -0.4 is 5.32 Å². The number of carbonyl (C=O) groups is 1. The van der Waals surface area contributed by atoms with Gasteiger partial charge in [-0.2, -0.15) is 13.2 Å². The zero-order chi connectivity index (χ0) is 17.4. The maximum atomic E-state index is 12.6. The molecule has 2 aromatic heterocycles. The third-order valence-corrected chi connectivity index (χ3v) is 3.51. The van der Waals surface area contributed by atoms with Crippen LogP contribution in [0.3, 0.4) is 0 Å². The fraction of sp³-hybridized carbons (Fsp3) is 0.375. The predicted octanol–water partition coefficient (Wildman–Crippen LogP) is 4.11. The highest BCUT2D eigenvalue weighted by atomic mass is 19.4. The van der Waals surface area contributed by atoms with E-state index in [0.717, 1.165) is 23.5 Å². The molecule has 23 heavy (non-hydrogen) atoms.